The number of amides is 3. The number of halogens is 1. The van der Waals surface area contributed by atoms with Crippen LogP contribution in [-0.2, 0) is 21.4 Å². The van der Waals surface area contributed by atoms with E-state index in [0.717, 1.165) is 4.90 Å². The fourth-order valence-electron chi connectivity index (χ4n) is 4.09. The highest BCUT2D eigenvalue weighted by molar-refractivity contribution is 6.30. The Morgan fingerprint density at radius 2 is 1.80 bits per heavy atom. The molecule has 0 bridgehead atoms. The molecule has 4 rings (SSSR count). The summed E-state index contributed by atoms with van der Waals surface area (Å²) in [5.41, 5.74) is 0.943. The number of imide groups is 1. The quantitative estimate of drug-likeness (QED) is 0.753. The molecule has 9 heteroatoms. The van der Waals surface area contributed by atoms with Gasteiger partial charge in [0.15, 0.2) is 0 Å². The van der Waals surface area contributed by atoms with E-state index in [2.05, 4.69) is 5.32 Å². The van der Waals surface area contributed by atoms with Gasteiger partial charge in [-0.1, -0.05) is 35.9 Å². The predicted octanol–water partition coefficient (Wildman–Crippen LogP) is 1.94. The number of para-hydroxylation sites is 1. The molecule has 156 valence electrons. The Kier molecular flexibility index (Phi) is 5.11. The summed E-state index contributed by atoms with van der Waals surface area (Å²) in [6.07, 6.45) is 2.46. The molecular weight excluding hydrogens is 408 g/mol. The number of hydrogen-bond acceptors (Lipinski definition) is 4. The van der Waals surface area contributed by atoms with Crippen LogP contribution < -0.4 is 10.9 Å². The number of rotatable bonds is 4. The van der Waals surface area contributed by atoms with Crippen LogP contribution in [0.1, 0.15) is 18.5 Å². The molecule has 0 unspecified atom stereocenters. The summed E-state index contributed by atoms with van der Waals surface area (Å²) in [5.74, 6) is -2.34. The molecule has 1 fully saturated rings. The largest absolute Gasteiger partial charge is 0.318 e. The number of nitrogens with zero attached hydrogens (tertiary/aromatic N) is 3. The first-order chi connectivity index (χ1) is 14.3. The molecule has 0 radical (unpaired) electrons. The Hall–Kier alpha value is -3.13. The third-order valence-electron chi connectivity index (χ3n) is 5.78. The van der Waals surface area contributed by atoms with Gasteiger partial charge in [-0.05, 0) is 31.9 Å². The van der Waals surface area contributed by atoms with Gasteiger partial charge >= 0.3 is 0 Å². The zero-order valence-electron chi connectivity index (χ0n) is 16.6. The molecule has 1 aromatic heterocycles. The first-order valence-corrected chi connectivity index (χ1v) is 10.0. The van der Waals surface area contributed by atoms with Crippen molar-refractivity contribution in [2.45, 2.75) is 19.8 Å². The molecule has 2 heterocycles. The topological polar surface area (TPSA) is 93.4 Å². The van der Waals surface area contributed by atoms with Gasteiger partial charge < -0.3 is 5.32 Å². The first kappa shape index (κ1) is 20.2. The maximum atomic E-state index is 12.9. The first-order valence-electron chi connectivity index (χ1n) is 9.63. The Morgan fingerprint density at radius 3 is 2.50 bits per heavy atom. The summed E-state index contributed by atoms with van der Waals surface area (Å²) in [7, 11) is 1.72. The molecule has 0 saturated carbocycles. The van der Waals surface area contributed by atoms with Crippen LogP contribution in [0, 0.1) is 18.8 Å². The second-order valence-corrected chi connectivity index (χ2v) is 8.04. The number of benzene rings is 1. The van der Waals surface area contributed by atoms with Crippen LogP contribution in [0.4, 0.5) is 5.69 Å². The molecule has 1 aliphatic carbocycles. The van der Waals surface area contributed by atoms with Crippen LogP contribution in [0.15, 0.2) is 46.2 Å². The molecule has 1 aromatic carbocycles. The van der Waals surface area contributed by atoms with Gasteiger partial charge in [0, 0.05) is 12.1 Å². The van der Waals surface area contributed by atoms with Crippen molar-refractivity contribution in [3.63, 3.8) is 0 Å². The van der Waals surface area contributed by atoms with Crippen molar-refractivity contribution in [1.82, 2.24) is 14.3 Å². The van der Waals surface area contributed by atoms with Crippen LogP contribution >= 0.6 is 11.6 Å². The zero-order valence-corrected chi connectivity index (χ0v) is 17.3. The second-order valence-electron chi connectivity index (χ2n) is 7.55. The molecular formula is C21H21ClN4O4. The number of likely N-dealkylation sites (tertiary alicyclic amines) is 1. The lowest BCUT2D eigenvalue weighted by molar-refractivity contribution is -0.142. The van der Waals surface area contributed by atoms with E-state index < -0.39 is 35.8 Å². The fourth-order valence-corrected chi connectivity index (χ4v) is 4.34. The van der Waals surface area contributed by atoms with Gasteiger partial charge in [0.25, 0.3) is 5.56 Å². The minimum atomic E-state index is -0.597. The molecule has 0 spiro atoms. The Bertz CT molecular complexity index is 1130. The molecule has 3 amide bonds. The van der Waals surface area contributed by atoms with Crippen molar-refractivity contribution in [3.8, 4) is 5.69 Å². The Balaban J connectivity index is 1.54. The Labute approximate surface area is 177 Å². The SMILES string of the molecule is Cc1c(NC(=O)CN2C(=O)[C@H]3CC=C(Cl)C[C@@H]3C2=O)c(=O)n(-c2ccccc2)n1C. The average molecular weight is 429 g/mol. The number of fused-ring (bicyclic) bond motifs is 1. The third-order valence-corrected chi connectivity index (χ3v) is 6.09. The highest BCUT2D eigenvalue weighted by atomic mass is 35.5. The van der Waals surface area contributed by atoms with Gasteiger partial charge in [-0.15, -0.1) is 0 Å². The van der Waals surface area contributed by atoms with E-state index in [1.807, 2.05) is 18.2 Å². The van der Waals surface area contributed by atoms with Gasteiger partial charge in [-0.2, -0.15) is 0 Å². The molecule has 30 heavy (non-hydrogen) atoms. The highest BCUT2D eigenvalue weighted by Gasteiger charge is 2.48. The number of carbonyl (C=O) groups excluding carboxylic acids is 3. The smallest absolute Gasteiger partial charge is 0.295 e. The van der Waals surface area contributed by atoms with Crippen molar-refractivity contribution < 1.29 is 14.4 Å². The molecule has 1 aliphatic heterocycles. The number of aromatic nitrogens is 2. The van der Waals surface area contributed by atoms with Gasteiger partial charge in [0.05, 0.1) is 23.2 Å². The van der Waals surface area contributed by atoms with Crippen LogP contribution in [0.3, 0.4) is 0 Å². The van der Waals surface area contributed by atoms with Crippen molar-refractivity contribution >= 4 is 35.0 Å². The summed E-state index contributed by atoms with van der Waals surface area (Å²) >= 11 is 6.02. The van der Waals surface area contributed by atoms with Gasteiger partial charge in [0.2, 0.25) is 17.7 Å². The van der Waals surface area contributed by atoms with E-state index in [9.17, 15) is 19.2 Å². The van der Waals surface area contributed by atoms with Gasteiger partial charge in [-0.3, -0.25) is 28.8 Å². The summed E-state index contributed by atoms with van der Waals surface area (Å²) in [6, 6.07) is 9.04. The highest BCUT2D eigenvalue weighted by Crippen LogP contribution is 2.38. The number of anilines is 1. The van der Waals surface area contributed by atoms with Crippen molar-refractivity contribution in [2.75, 3.05) is 11.9 Å². The lowest BCUT2D eigenvalue weighted by Gasteiger charge is -2.17. The summed E-state index contributed by atoms with van der Waals surface area (Å²) in [6.45, 7) is 1.28. The standard InChI is InChI=1S/C21H21ClN4O4/c1-12-18(21(30)26(24(12)2)14-6-4-3-5-7-14)23-17(27)11-25-19(28)15-9-8-13(22)10-16(15)20(25)29/h3-8,15-16H,9-11H2,1-2H3,(H,23,27)/t15-,16-/m0/s1. The van der Waals surface area contributed by atoms with E-state index in [1.165, 1.54) is 4.68 Å². The number of nitrogens with one attached hydrogen (secondary N) is 1. The zero-order chi connectivity index (χ0) is 21.6. The van der Waals surface area contributed by atoms with Gasteiger partial charge in [-0.25, -0.2) is 4.68 Å². The van der Waals surface area contributed by atoms with Crippen LogP contribution in [0.5, 0.6) is 0 Å². The number of hydrogen-bond donors (Lipinski definition) is 1. The fraction of sp³-hybridized carbons (Fsp3) is 0.333. The number of allylic oxidation sites excluding steroid dienone is 2. The molecule has 8 nitrogen and oxygen atoms in total. The lowest BCUT2D eigenvalue weighted by Crippen LogP contribution is -2.39. The van der Waals surface area contributed by atoms with E-state index in [1.54, 1.807) is 36.9 Å². The molecule has 1 N–H and O–H groups in total. The summed E-state index contributed by atoms with van der Waals surface area (Å²) in [5, 5.41) is 3.15. The van der Waals surface area contributed by atoms with Crippen molar-refractivity contribution in [1.29, 1.82) is 0 Å². The molecule has 1 saturated heterocycles. The third kappa shape index (κ3) is 3.27. The van der Waals surface area contributed by atoms with E-state index in [-0.39, 0.29) is 11.6 Å². The molecule has 2 atom stereocenters. The van der Waals surface area contributed by atoms with Crippen LogP contribution in [0.2, 0.25) is 0 Å². The average Bonchev–Trinajstić information content (AvgIpc) is 3.08. The van der Waals surface area contributed by atoms with E-state index in [0.29, 0.717) is 29.3 Å². The van der Waals surface area contributed by atoms with Gasteiger partial charge in [0.1, 0.15) is 12.2 Å². The minimum absolute atomic E-state index is 0.118. The monoisotopic (exact) mass is 428 g/mol. The maximum absolute atomic E-state index is 12.9. The maximum Gasteiger partial charge on any atom is 0.295 e. The van der Waals surface area contributed by atoms with Crippen LogP contribution in [0.25, 0.3) is 5.69 Å². The molecule has 2 aliphatic rings. The van der Waals surface area contributed by atoms with Crippen LogP contribution in [-0.4, -0.2) is 38.5 Å². The minimum Gasteiger partial charge on any atom is -0.318 e. The number of carbonyl (C=O) groups is 3. The second kappa shape index (κ2) is 7.60. The molecule has 2 aromatic rings. The Morgan fingerprint density at radius 1 is 1.13 bits per heavy atom. The predicted molar refractivity (Wildman–Crippen MR) is 111 cm³/mol. The lowest BCUT2D eigenvalue weighted by atomic mass is 9.85. The van der Waals surface area contributed by atoms with E-state index >= 15 is 0 Å². The summed E-state index contributed by atoms with van der Waals surface area (Å²) < 4.78 is 3.08. The normalized spacial score (nSPS) is 20.9. The summed E-state index contributed by atoms with van der Waals surface area (Å²) in [4.78, 5) is 51.8. The van der Waals surface area contributed by atoms with E-state index in [4.69, 9.17) is 11.6 Å². The van der Waals surface area contributed by atoms with Crippen molar-refractivity contribution in [3.05, 3.63) is 57.5 Å². The van der Waals surface area contributed by atoms with Crippen molar-refractivity contribution in [2.24, 2.45) is 18.9 Å².